The third kappa shape index (κ3) is 3.73. The fraction of sp³-hybridized carbons (Fsp3) is 0.353. The van der Waals surface area contributed by atoms with E-state index < -0.39 is 6.10 Å². The third-order valence-electron chi connectivity index (χ3n) is 3.76. The Morgan fingerprint density at radius 1 is 1.29 bits per heavy atom. The molecule has 1 aliphatic carbocycles. The summed E-state index contributed by atoms with van der Waals surface area (Å²) in [5.41, 5.74) is 1.76. The van der Waals surface area contributed by atoms with Crippen LogP contribution in [0.25, 0.3) is 11.3 Å². The summed E-state index contributed by atoms with van der Waals surface area (Å²) in [6.07, 6.45) is 3.85. The minimum Gasteiger partial charge on any atom is -0.464 e. The van der Waals surface area contributed by atoms with Crippen molar-refractivity contribution < 1.29 is 14.3 Å². The molecule has 0 spiro atoms. The number of amides is 1. The van der Waals surface area contributed by atoms with Crippen LogP contribution < -0.4 is 5.32 Å². The predicted octanol–water partition coefficient (Wildman–Crippen LogP) is 2.90. The lowest BCUT2D eigenvalue weighted by molar-refractivity contribution is -0.121. The molecule has 0 radical (unpaired) electrons. The first-order chi connectivity index (χ1) is 10.2. The van der Waals surface area contributed by atoms with Gasteiger partial charge in [0.2, 0.25) is 5.91 Å². The summed E-state index contributed by atoms with van der Waals surface area (Å²) in [6.45, 7) is 0.256. The second-order valence-electron chi connectivity index (χ2n) is 5.57. The van der Waals surface area contributed by atoms with Crippen LogP contribution >= 0.6 is 0 Å². The fourth-order valence-electron chi connectivity index (χ4n) is 2.30. The molecule has 0 bridgehead atoms. The van der Waals surface area contributed by atoms with Crippen LogP contribution in [0, 0.1) is 5.92 Å². The molecule has 4 heteroatoms. The number of carbonyl (C=O) groups is 1. The van der Waals surface area contributed by atoms with E-state index in [2.05, 4.69) is 5.32 Å². The molecule has 1 aromatic heterocycles. The number of hydrogen-bond donors (Lipinski definition) is 2. The molecule has 21 heavy (non-hydrogen) atoms. The van der Waals surface area contributed by atoms with Crippen LogP contribution in [0.5, 0.6) is 0 Å². The largest absolute Gasteiger partial charge is 0.464 e. The fourth-order valence-corrected chi connectivity index (χ4v) is 2.30. The molecule has 1 aromatic carbocycles. The minimum atomic E-state index is -0.682. The van der Waals surface area contributed by atoms with Crippen molar-refractivity contribution in [1.82, 2.24) is 5.32 Å². The quantitative estimate of drug-likeness (QED) is 0.858. The Bertz CT molecular complexity index is 585. The van der Waals surface area contributed by atoms with E-state index in [1.54, 1.807) is 6.26 Å². The molecule has 4 nitrogen and oxygen atoms in total. The van der Waals surface area contributed by atoms with Gasteiger partial charge in [-0.1, -0.05) is 24.3 Å². The van der Waals surface area contributed by atoms with Gasteiger partial charge in [-0.15, -0.1) is 0 Å². The van der Waals surface area contributed by atoms with E-state index in [1.165, 1.54) is 0 Å². The molecule has 0 saturated heterocycles. The number of hydrogen-bond acceptors (Lipinski definition) is 3. The zero-order valence-electron chi connectivity index (χ0n) is 11.8. The Balaban J connectivity index is 1.54. The average Bonchev–Trinajstić information content (AvgIpc) is 3.15. The van der Waals surface area contributed by atoms with Crippen LogP contribution in [-0.4, -0.2) is 17.6 Å². The topological polar surface area (TPSA) is 62.5 Å². The molecule has 1 fully saturated rings. The average molecular weight is 285 g/mol. The van der Waals surface area contributed by atoms with E-state index >= 15 is 0 Å². The summed E-state index contributed by atoms with van der Waals surface area (Å²) >= 11 is 0. The van der Waals surface area contributed by atoms with Crippen LogP contribution in [-0.2, 0) is 4.79 Å². The first kappa shape index (κ1) is 13.9. The van der Waals surface area contributed by atoms with Gasteiger partial charge < -0.3 is 14.8 Å². The lowest BCUT2D eigenvalue weighted by Crippen LogP contribution is -2.28. The van der Waals surface area contributed by atoms with Gasteiger partial charge in [0, 0.05) is 18.5 Å². The Morgan fingerprint density at radius 3 is 2.67 bits per heavy atom. The van der Waals surface area contributed by atoms with Gasteiger partial charge in [-0.2, -0.15) is 0 Å². The van der Waals surface area contributed by atoms with Gasteiger partial charge in [0.1, 0.15) is 5.76 Å². The summed E-state index contributed by atoms with van der Waals surface area (Å²) < 4.78 is 5.32. The van der Waals surface area contributed by atoms with Crippen LogP contribution in [0.4, 0.5) is 0 Å². The maximum Gasteiger partial charge on any atom is 0.220 e. The Hall–Kier alpha value is -2.07. The highest BCUT2D eigenvalue weighted by Crippen LogP contribution is 2.32. The van der Waals surface area contributed by atoms with E-state index in [-0.39, 0.29) is 12.5 Å². The highest BCUT2D eigenvalue weighted by Gasteiger charge is 2.24. The van der Waals surface area contributed by atoms with Gasteiger partial charge in [0.05, 0.1) is 12.4 Å². The maximum atomic E-state index is 11.6. The summed E-state index contributed by atoms with van der Waals surface area (Å²) in [5, 5.41) is 12.9. The van der Waals surface area contributed by atoms with Crippen LogP contribution in [0.3, 0.4) is 0 Å². The number of nitrogens with one attached hydrogen (secondary N) is 1. The molecule has 2 N–H and O–H groups in total. The SMILES string of the molecule is O=C(CC1CC1)NC[C@@H](O)c1ccc(-c2ccco2)cc1. The van der Waals surface area contributed by atoms with Crippen LogP contribution in [0.2, 0.25) is 0 Å². The van der Waals surface area contributed by atoms with E-state index in [0.717, 1.165) is 29.7 Å². The van der Waals surface area contributed by atoms with Crippen molar-refractivity contribution in [3.63, 3.8) is 0 Å². The summed E-state index contributed by atoms with van der Waals surface area (Å²) in [4.78, 5) is 11.6. The monoisotopic (exact) mass is 285 g/mol. The van der Waals surface area contributed by atoms with Gasteiger partial charge in [0.25, 0.3) is 0 Å². The lowest BCUT2D eigenvalue weighted by atomic mass is 10.1. The van der Waals surface area contributed by atoms with Crippen molar-refractivity contribution in [3.8, 4) is 11.3 Å². The van der Waals surface area contributed by atoms with Gasteiger partial charge >= 0.3 is 0 Å². The molecule has 1 aliphatic rings. The van der Waals surface area contributed by atoms with Gasteiger partial charge in [-0.25, -0.2) is 0 Å². The van der Waals surface area contributed by atoms with Crippen LogP contribution in [0.1, 0.15) is 30.9 Å². The Labute approximate surface area is 123 Å². The van der Waals surface area contributed by atoms with Crippen molar-refractivity contribution in [2.45, 2.75) is 25.4 Å². The van der Waals surface area contributed by atoms with E-state index in [9.17, 15) is 9.90 Å². The molecule has 3 rings (SSSR count). The molecule has 1 amide bonds. The van der Waals surface area contributed by atoms with Crippen molar-refractivity contribution >= 4 is 5.91 Å². The second kappa shape index (κ2) is 6.14. The number of furan rings is 1. The van der Waals surface area contributed by atoms with Crippen molar-refractivity contribution in [2.24, 2.45) is 5.92 Å². The Kier molecular flexibility index (Phi) is 4.06. The molecule has 1 heterocycles. The Morgan fingerprint density at radius 2 is 2.05 bits per heavy atom. The van der Waals surface area contributed by atoms with Gasteiger partial charge in [-0.3, -0.25) is 4.79 Å². The third-order valence-corrected chi connectivity index (χ3v) is 3.76. The molecule has 110 valence electrons. The molecular formula is C17H19NO3. The second-order valence-corrected chi connectivity index (χ2v) is 5.57. The smallest absolute Gasteiger partial charge is 0.220 e. The van der Waals surface area contributed by atoms with Gasteiger partial charge in [0.15, 0.2) is 0 Å². The first-order valence-corrected chi connectivity index (χ1v) is 7.31. The number of aliphatic hydroxyl groups is 1. The number of aliphatic hydroxyl groups excluding tert-OH is 1. The maximum absolute atomic E-state index is 11.6. The molecule has 0 aliphatic heterocycles. The van der Waals surface area contributed by atoms with E-state index in [1.807, 2.05) is 36.4 Å². The van der Waals surface area contributed by atoms with Crippen molar-refractivity contribution in [3.05, 3.63) is 48.2 Å². The normalized spacial score (nSPS) is 15.7. The van der Waals surface area contributed by atoms with Crippen molar-refractivity contribution in [2.75, 3.05) is 6.54 Å². The summed E-state index contributed by atoms with van der Waals surface area (Å²) in [5.74, 6) is 1.40. The molecular weight excluding hydrogens is 266 g/mol. The minimum absolute atomic E-state index is 0.0313. The molecule has 0 unspecified atom stereocenters. The van der Waals surface area contributed by atoms with Crippen molar-refractivity contribution in [1.29, 1.82) is 0 Å². The number of benzene rings is 1. The molecule has 1 saturated carbocycles. The van der Waals surface area contributed by atoms with Crippen LogP contribution in [0.15, 0.2) is 47.1 Å². The number of carbonyl (C=O) groups excluding carboxylic acids is 1. The highest BCUT2D eigenvalue weighted by molar-refractivity contribution is 5.76. The first-order valence-electron chi connectivity index (χ1n) is 7.31. The molecule has 1 atom stereocenters. The van der Waals surface area contributed by atoms with E-state index in [4.69, 9.17) is 4.42 Å². The standard InChI is InChI=1S/C17H19NO3/c19-15(11-18-17(20)10-12-3-4-12)13-5-7-14(8-6-13)16-2-1-9-21-16/h1-2,5-9,12,15,19H,3-4,10-11H2,(H,18,20)/t15-/m1/s1. The zero-order chi connectivity index (χ0) is 14.7. The molecule has 2 aromatic rings. The van der Waals surface area contributed by atoms with Gasteiger partial charge in [-0.05, 0) is 36.5 Å². The predicted molar refractivity (Wildman–Crippen MR) is 79.5 cm³/mol. The van der Waals surface area contributed by atoms with E-state index in [0.29, 0.717) is 12.3 Å². The number of rotatable bonds is 6. The summed E-state index contributed by atoms with van der Waals surface area (Å²) in [6, 6.07) is 11.3. The lowest BCUT2D eigenvalue weighted by Gasteiger charge is -2.12. The zero-order valence-corrected chi connectivity index (χ0v) is 11.8. The summed E-state index contributed by atoms with van der Waals surface area (Å²) in [7, 11) is 0. The highest BCUT2D eigenvalue weighted by atomic mass is 16.3.